The van der Waals surface area contributed by atoms with Gasteiger partial charge in [-0.05, 0) is 31.9 Å². The van der Waals surface area contributed by atoms with Gasteiger partial charge in [-0.2, -0.15) is 0 Å². The van der Waals surface area contributed by atoms with Crippen LogP contribution in [0.4, 0.5) is 0 Å². The van der Waals surface area contributed by atoms with Crippen LogP contribution in [-0.4, -0.2) is 4.98 Å². The fraction of sp³-hybridized carbons (Fsp3) is 0.450. The minimum Gasteiger partial charge on any atom is -0.253 e. The second-order valence-electron chi connectivity index (χ2n) is 4.67. The van der Waals surface area contributed by atoms with Crippen LogP contribution >= 0.6 is 0 Å². The molecule has 1 heterocycles. The number of pyridine rings is 1. The van der Waals surface area contributed by atoms with E-state index in [-0.39, 0.29) is 0 Å². The molecule has 2 rings (SSSR count). The Kier molecular flexibility index (Phi) is 12.3. The molecule has 1 nitrogen and oxygen atoms in total. The molecule has 21 heavy (non-hydrogen) atoms. The van der Waals surface area contributed by atoms with Crippen molar-refractivity contribution in [3.05, 3.63) is 54.2 Å². The Morgan fingerprint density at radius 1 is 0.952 bits per heavy atom. The van der Waals surface area contributed by atoms with Crippen molar-refractivity contribution >= 4 is 10.9 Å². The first kappa shape index (κ1) is 19.4. The molecule has 0 saturated carbocycles. The number of hydrogen-bond donors (Lipinski definition) is 0. The molecular weight excluding hydrogens is 254 g/mol. The van der Waals surface area contributed by atoms with E-state index in [9.17, 15) is 0 Å². The Hall–Kier alpha value is -1.63. The number of benzene rings is 1. The number of aromatic nitrogens is 1. The van der Waals surface area contributed by atoms with Crippen LogP contribution in [-0.2, 0) is 0 Å². The average molecular weight is 285 g/mol. The molecule has 0 fully saturated rings. The van der Waals surface area contributed by atoms with Crippen molar-refractivity contribution in [1.82, 2.24) is 4.98 Å². The lowest BCUT2D eigenvalue weighted by Crippen LogP contribution is -1.80. The van der Waals surface area contributed by atoms with Crippen LogP contribution in [0, 0.1) is 6.92 Å². The summed E-state index contributed by atoms with van der Waals surface area (Å²) in [6.45, 7) is 10.4. The highest BCUT2D eigenvalue weighted by atomic mass is 14.7. The zero-order valence-corrected chi connectivity index (χ0v) is 14.4. The molecule has 0 aliphatic carbocycles. The van der Waals surface area contributed by atoms with Gasteiger partial charge in [-0.15, -0.1) is 0 Å². The molecule has 0 bridgehead atoms. The Labute approximate surface area is 131 Å². The van der Waals surface area contributed by atoms with Crippen molar-refractivity contribution < 1.29 is 0 Å². The first-order chi connectivity index (χ1) is 10.3. The largest absolute Gasteiger partial charge is 0.253 e. The predicted octanol–water partition coefficient (Wildman–Crippen LogP) is 6.71. The normalized spacial score (nSPS) is 9.76. The predicted molar refractivity (Wildman–Crippen MR) is 96.8 cm³/mol. The molecule has 116 valence electrons. The molecule has 0 N–H and O–H groups in total. The van der Waals surface area contributed by atoms with Crippen LogP contribution in [0.25, 0.3) is 10.9 Å². The topological polar surface area (TPSA) is 12.9 Å². The monoisotopic (exact) mass is 285 g/mol. The maximum absolute atomic E-state index is 4.38. The van der Waals surface area contributed by atoms with Gasteiger partial charge >= 0.3 is 0 Å². The van der Waals surface area contributed by atoms with Crippen LogP contribution in [0.1, 0.15) is 59.1 Å². The lowest BCUT2D eigenvalue weighted by molar-refractivity contribution is 0.812. The third-order valence-electron chi connectivity index (χ3n) is 2.86. The summed E-state index contributed by atoms with van der Waals surface area (Å²) >= 11 is 0. The lowest BCUT2D eigenvalue weighted by Gasteiger charge is -1.95. The van der Waals surface area contributed by atoms with Gasteiger partial charge in [0.25, 0.3) is 0 Å². The summed E-state index contributed by atoms with van der Waals surface area (Å²) in [6, 6.07) is 12.3. The smallest absolute Gasteiger partial charge is 0.0705 e. The van der Waals surface area contributed by atoms with Gasteiger partial charge in [0, 0.05) is 11.1 Å². The summed E-state index contributed by atoms with van der Waals surface area (Å²) in [5, 5.41) is 1.21. The average Bonchev–Trinajstić information content (AvgIpc) is 2.54. The first-order valence-electron chi connectivity index (χ1n) is 8.25. The highest BCUT2D eigenvalue weighted by Gasteiger charge is 1.91. The lowest BCUT2D eigenvalue weighted by atomic mass is 10.2. The summed E-state index contributed by atoms with van der Waals surface area (Å²) in [5.74, 6) is 0. The SMILES string of the molecule is CC.CC/C=C/CCCC.Cc1ccc2ccccc2n1. The number of para-hydroxylation sites is 1. The van der Waals surface area contributed by atoms with Crippen molar-refractivity contribution in [2.24, 2.45) is 0 Å². The van der Waals surface area contributed by atoms with Gasteiger partial charge in [0.2, 0.25) is 0 Å². The summed E-state index contributed by atoms with van der Waals surface area (Å²) in [4.78, 5) is 4.38. The molecule has 0 atom stereocenters. The van der Waals surface area contributed by atoms with E-state index >= 15 is 0 Å². The Balaban J connectivity index is 0.000000358. The molecule has 0 amide bonds. The van der Waals surface area contributed by atoms with Crippen LogP contribution in [0.2, 0.25) is 0 Å². The maximum Gasteiger partial charge on any atom is 0.0705 e. The standard InChI is InChI=1S/C10H9N.C8H16.C2H6/c1-8-6-7-9-4-2-3-5-10(9)11-8;1-3-5-7-8-6-4-2;1-2/h2-7H,1H3;5,7H,3-4,6,8H2,1-2H3;1-2H3/b;7-5+;. The molecule has 0 spiro atoms. The molecule has 0 aliphatic rings. The molecule has 0 aliphatic heterocycles. The van der Waals surface area contributed by atoms with E-state index in [4.69, 9.17) is 0 Å². The van der Waals surface area contributed by atoms with Crippen molar-refractivity contribution in [2.75, 3.05) is 0 Å². The number of nitrogens with zero attached hydrogens (tertiary/aromatic N) is 1. The van der Waals surface area contributed by atoms with E-state index in [1.54, 1.807) is 0 Å². The van der Waals surface area contributed by atoms with Gasteiger partial charge in [0.1, 0.15) is 0 Å². The second kappa shape index (κ2) is 13.4. The third-order valence-corrected chi connectivity index (χ3v) is 2.86. The van der Waals surface area contributed by atoms with Gasteiger partial charge in [0.05, 0.1) is 5.52 Å². The number of rotatable bonds is 4. The molecule has 1 heteroatoms. The Morgan fingerprint density at radius 2 is 1.67 bits per heavy atom. The van der Waals surface area contributed by atoms with E-state index in [1.807, 2.05) is 45.0 Å². The Bertz CT molecular complexity index is 500. The number of allylic oxidation sites excluding steroid dienone is 2. The summed E-state index contributed by atoms with van der Waals surface area (Å²) in [7, 11) is 0. The highest BCUT2D eigenvalue weighted by Crippen LogP contribution is 2.10. The quantitative estimate of drug-likeness (QED) is 0.449. The third kappa shape index (κ3) is 9.01. The van der Waals surface area contributed by atoms with E-state index in [1.165, 1.54) is 31.1 Å². The molecule has 0 unspecified atom stereocenters. The van der Waals surface area contributed by atoms with Crippen molar-refractivity contribution in [1.29, 1.82) is 0 Å². The number of fused-ring (bicyclic) bond motifs is 1. The molecule has 0 saturated heterocycles. The summed E-state index contributed by atoms with van der Waals surface area (Å²) in [5.41, 5.74) is 2.15. The van der Waals surface area contributed by atoms with Crippen LogP contribution in [0.5, 0.6) is 0 Å². The van der Waals surface area contributed by atoms with Crippen molar-refractivity contribution in [3.8, 4) is 0 Å². The summed E-state index contributed by atoms with van der Waals surface area (Å²) in [6.07, 6.45) is 9.61. The number of unbranched alkanes of at least 4 members (excludes halogenated alkanes) is 2. The maximum atomic E-state index is 4.38. The van der Waals surface area contributed by atoms with Crippen LogP contribution in [0.15, 0.2) is 48.6 Å². The van der Waals surface area contributed by atoms with E-state index in [0.29, 0.717) is 0 Å². The number of hydrogen-bond acceptors (Lipinski definition) is 1. The van der Waals surface area contributed by atoms with Gasteiger partial charge in [-0.25, -0.2) is 0 Å². The van der Waals surface area contributed by atoms with E-state index < -0.39 is 0 Å². The molecule has 2 aromatic rings. The van der Waals surface area contributed by atoms with Crippen LogP contribution in [0.3, 0.4) is 0 Å². The fourth-order valence-electron chi connectivity index (χ4n) is 1.77. The Morgan fingerprint density at radius 3 is 2.33 bits per heavy atom. The van der Waals surface area contributed by atoms with Gasteiger partial charge in [0.15, 0.2) is 0 Å². The minimum atomic E-state index is 1.07. The molecule has 1 aromatic heterocycles. The molecular formula is C20H31N. The van der Waals surface area contributed by atoms with E-state index in [0.717, 1.165) is 11.2 Å². The number of aryl methyl sites for hydroxylation is 1. The van der Waals surface area contributed by atoms with Gasteiger partial charge < -0.3 is 0 Å². The molecule has 1 aromatic carbocycles. The second-order valence-corrected chi connectivity index (χ2v) is 4.67. The van der Waals surface area contributed by atoms with Crippen molar-refractivity contribution in [2.45, 2.75) is 60.3 Å². The van der Waals surface area contributed by atoms with Gasteiger partial charge in [-0.3, -0.25) is 4.98 Å². The zero-order valence-electron chi connectivity index (χ0n) is 14.4. The highest BCUT2D eigenvalue weighted by molar-refractivity contribution is 5.78. The zero-order chi connectivity index (χ0) is 15.9. The van der Waals surface area contributed by atoms with Gasteiger partial charge in [-0.1, -0.05) is 77.0 Å². The first-order valence-corrected chi connectivity index (χ1v) is 8.25. The van der Waals surface area contributed by atoms with Crippen molar-refractivity contribution in [3.63, 3.8) is 0 Å². The molecule has 0 radical (unpaired) electrons. The van der Waals surface area contributed by atoms with Crippen LogP contribution < -0.4 is 0 Å². The minimum absolute atomic E-state index is 1.07. The fourth-order valence-corrected chi connectivity index (χ4v) is 1.77. The summed E-state index contributed by atoms with van der Waals surface area (Å²) < 4.78 is 0. The van der Waals surface area contributed by atoms with E-state index in [2.05, 4.69) is 43.1 Å².